The Morgan fingerprint density at radius 2 is 1.83 bits per heavy atom. The number of hydrogen-bond donors (Lipinski definition) is 2. The number of hydrogen-bond acceptors (Lipinski definition) is 5. The maximum Gasteiger partial charge on any atom is 0.355 e. The van der Waals surface area contributed by atoms with Crippen molar-refractivity contribution < 1.29 is 32.6 Å². The average molecular weight is 408 g/mol. The Kier molecular flexibility index (Phi) is 7.08. The lowest BCUT2D eigenvalue weighted by atomic mass is 10.1. The van der Waals surface area contributed by atoms with Gasteiger partial charge in [0.05, 0.1) is 18.2 Å². The van der Waals surface area contributed by atoms with Crippen molar-refractivity contribution in [3.05, 3.63) is 57.9 Å². The second kappa shape index (κ2) is 9.31. The maximum atomic E-state index is 13.8. The van der Waals surface area contributed by atoms with Gasteiger partial charge in [-0.05, 0) is 39.3 Å². The summed E-state index contributed by atoms with van der Waals surface area (Å²) in [5.74, 6) is -3.56. The molecular weight excluding hydrogens is 386 g/mol. The molecule has 1 aromatic carbocycles. The molecule has 1 aromatic heterocycles. The van der Waals surface area contributed by atoms with E-state index < -0.39 is 42.1 Å². The number of ether oxygens (including phenoxy) is 2. The van der Waals surface area contributed by atoms with Gasteiger partial charge in [0.1, 0.15) is 17.3 Å². The Balaban J connectivity index is 2.00. The van der Waals surface area contributed by atoms with Gasteiger partial charge in [-0.25, -0.2) is 18.4 Å². The van der Waals surface area contributed by atoms with Gasteiger partial charge in [0.15, 0.2) is 6.61 Å². The van der Waals surface area contributed by atoms with Crippen LogP contribution in [-0.2, 0) is 14.3 Å². The van der Waals surface area contributed by atoms with Crippen molar-refractivity contribution in [2.45, 2.75) is 33.7 Å². The molecule has 1 amide bonds. The van der Waals surface area contributed by atoms with E-state index in [-0.39, 0.29) is 23.4 Å². The molecule has 2 rings (SSSR count). The Hall–Kier alpha value is -3.23. The van der Waals surface area contributed by atoms with E-state index in [9.17, 15) is 23.2 Å². The van der Waals surface area contributed by atoms with Crippen LogP contribution in [0.4, 0.5) is 8.78 Å². The smallest absolute Gasteiger partial charge is 0.355 e. The minimum Gasteiger partial charge on any atom is -0.461 e. The first-order valence-electron chi connectivity index (χ1n) is 8.93. The van der Waals surface area contributed by atoms with Crippen molar-refractivity contribution in [3.63, 3.8) is 0 Å². The van der Waals surface area contributed by atoms with E-state index in [0.717, 1.165) is 12.1 Å². The Bertz CT molecular complexity index is 939. The largest absolute Gasteiger partial charge is 0.461 e. The third kappa shape index (κ3) is 5.18. The first-order chi connectivity index (χ1) is 13.6. The first kappa shape index (κ1) is 22.1. The number of esters is 2. The van der Waals surface area contributed by atoms with Gasteiger partial charge in [-0.15, -0.1) is 0 Å². The third-order valence-corrected chi connectivity index (χ3v) is 4.26. The predicted octanol–water partition coefficient (Wildman–Crippen LogP) is 3.12. The van der Waals surface area contributed by atoms with Crippen LogP contribution in [0.25, 0.3) is 0 Å². The van der Waals surface area contributed by atoms with Crippen LogP contribution < -0.4 is 5.32 Å². The van der Waals surface area contributed by atoms with Gasteiger partial charge in [0.2, 0.25) is 0 Å². The molecule has 7 nitrogen and oxygen atoms in total. The molecule has 2 N–H and O–H groups in total. The SMILES string of the molecule is CCOC(=O)c1[nH]c(C)c(C(=O)OCC(=O)N[C@H](C)c2ccc(F)cc2F)c1C. The zero-order chi connectivity index (χ0) is 21.7. The molecule has 0 aliphatic heterocycles. The fraction of sp³-hybridized carbons (Fsp3) is 0.350. The summed E-state index contributed by atoms with van der Waals surface area (Å²) in [5.41, 5.74) is 1.13. The summed E-state index contributed by atoms with van der Waals surface area (Å²) in [6.07, 6.45) is 0. The quantitative estimate of drug-likeness (QED) is 0.686. The van der Waals surface area contributed by atoms with Crippen LogP contribution in [0.1, 0.15) is 57.6 Å². The molecule has 0 bridgehead atoms. The number of H-pyrrole nitrogens is 1. The van der Waals surface area contributed by atoms with Crippen LogP contribution in [-0.4, -0.2) is 36.0 Å². The van der Waals surface area contributed by atoms with Gasteiger partial charge in [-0.2, -0.15) is 0 Å². The number of aryl methyl sites for hydroxylation is 1. The average Bonchev–Trinajstić information content (AvgIpc) is 2.94. The fourth-order valence-corrected chi connectivity index (χ4v) is 2.88. The second-order valence-electron chi connectivity index (χ2n) is 6.38. The van der Waals surface area contributed by atoms with Crippen molar-refractivity contribution >= 4 is 17.8 Å². The third-order valence-electron chi connectivity index (χ3n) is 4.26. The second-order valence-corrected chi connectivity index (χ2v) is 6.38. The molecule has 0 unspecified atom stereocenters. The molecule has 0 radical (unpaired) electrons. The number of benzene rings is 1. The minimum absolute atomic E-state index is 0.0995. The summed E-state index contributed by atoms with van der Waals surface area (Å²) in [6.45, 7) is 5.91. The van der Waals surface area contributed by atoms with Crippen molar-refractivity contribution in [2.24, 2.45) is 0 Å². The topological polar surface area (TPSA) is 97.5 Å². The van der Waals surface area contributed by atoms with E-state index in [4.69, 9.17) is 9.47 Å². The molecule has 0 aliphatic rings. The molecule has 0 saturated carbocycles. The number of aromatic amines is 1. The molecule has 0 saturated heterocycles. The van der Waals surface area contributed by atoms with Gasteiger partial charge in [0.25, 0.3) is 5.91 Å². The van der Waals surface area contributed by atoms with E-state index in [1.807, 2.05) is 0 Å². The number of aromatic nitrogens is 1. The maximum absolute atomic E-state index is 13.8. The van der Waals surface area contributed by atoms with Crippen molar-refractivity contribution in [2.75, 3.05) is 13.2 Å². The predicted molar refractivity (Wildman–Crippen MR) is 99.4 cm³/mol. The molecular formula is C20H22F2N2O5. The van der Waals surface area contributed by atoms with Crippen LogP contribution in [0.3, 0.4) is 0 Å². The van der Waals surface area contributed by atoms with Gasteiger partial charge in [0, 0.05) is 17.3 Å². The molecule has 0 aliphatic carbocycles. The van der Waals surface area contributed by atoms with Crippen molar-refractivity contribution in [1.29, 1.82) is 0 Å². The summed E-state index contributed by atoms with van der Waals surface area (Å²) in [4.78, 5) is 39.1. The summed E-state index contributed by atoms with van der Waals surface area (Å²) >= 11 is 0. The van der Waals surface area contributed by atoms with Crippen LogP contribution in [0.5, 0.6) is 0 Å². The van der Waals surface area contributed by atoms with Gasteiger partial charge in [-0.1, -0.05) is 6.07 Å². The zero-order valence-corrected chi connectivity index (χ0v) is 16.5. The fourth-order valence-electron chi connectivity index (χ4n) is 2.88. The molecule has 0 spiro atoms. The number of nitrogens with one attached hydrogen (secondary N) is 2. The first-order valence-corrected chi connectivity index (χ1v) is 8.93. The highest BCUT2D eigenvalue weighted by atomic mass is 19.1. The molecule has 29 heavy (non-hydrogen) atoms. The van der Waals surface area contributed by atoms with Gasteiger partial charge in [-0.3, -0.25) is 4.79 Å². The van der Waals surface area contributed by atoms with Crippen LogP contribution in [0.2, 0.25) is 0 Å². The van der Waals surface area contributed by atoms with E-state index >= 15 is 0 Å². The normalized spacial score (nSPS) is 11.7. The molecule has 2 aromatic rings. The van der Waals surface area contributed by atoms with Crippen LogP contribution >= 0.6 is 0 Å². The standard InChI is InChI=1S/C20H22F2N2O5/c1-5-28-20(27)18-10(2)17(12(4)24-18)19(26)29-9-16(25)23-11(3)14-7-6-13(21)8-15(14)22/h6-8,11,24H,5,9H2,1-4H3,(H,23,25)/t11-/m1/s1. The number of halogens is 2. The number of carbonyl (C=O) groups is 3. The Morgan fingerprint density at radius 3 is 2.45 bits per heavy atom. The molecule has 156 valence electrons. The lowest BCUT2D eigenvalue weighted by molar-refractivity contribution is -0.124. The molecule has 0 fully saturated rings. The highest BCUT2D eigenvalue weighted by molar-refractivity contribution is 5.99. The van der Waals surface area contributed by atoms with Crippen LogP contribution in [0, 0.1) is 25.5 Å². The van der Waals surface area contributed by atoms with E-state index in [0.29, 0.717) is 11.3 Å². The lowest BCUT2D eigenvalue weighted by Gasteiger charge is -2.15. The molecule has 1 atom stereocenters. The van der Waals surface area contributed by atoms with E-state index in [2.05, 4.69) is 10.3 Å². The van der Waals surface area contributed by atoms with E-state index in [1.54, 1.807) is 20.8 Å². The Morgan fingerprint density at radius 1 is 1.14 bits per heavy atom. The Labute approximate surface area is 166 Å². The monoisotopic (exact) mass is 408 g/mol. The van der Waals surface area contributed by atoms with Crippen molar-refractivity contribution in [3.8, 4) is 0 Å². The minimum atomic E-state index is -0.792. The summed E-state index contributed by atoms with van der Waals surface area (Å²) in [7, 11) is 0. The van der Waals surface area contributed by atoms with Crippen LogP contribution in [0.15, 0.2) is 18.2 Å². The summed E-state index contributed by atoms with van der Waals surface area (Å²) < 4.78 is 36.7. The molecule has 9 heteroatoms. The highest BCUT2D eigenvalue weighted by Crippen LogP contribution is 2.20. The number of rotatable bonds is 7. The van der Waals surface area contributed by atoms with Gasteiger partial charge < -0.3 is 19.8 Å². The summed E-state index contributed by atoms with van der Waals surface area (Å²) in [6, 6.07) is 2.27. The highest BCUT2D eigenvalue weighted by Gasteiger charge is 2.24. The number of amides is 1. The van der Waals surface area contributed by atoms with Gasteiger partial charge >= 0.3 is 11.9 Å². The van der Waals surface area contributed by atoms with E-state index in [1.165, 1.54) is 13.0 Å². The summed E-state index contributed by atoms with van der Waals surface area (Å²) in [5, 5.41) is 2.47. The van der Waals surface area contributed by atoms with Crippen molar-refractivity contribution in [1.82, 2.24) is 10.3 Å². The zero-order valence-electron chi connectivity index (χ0n) is 16.5. The number of carbonyl (C=O) groups excluding carboxylic acids is 3. The lowest BCUT2D eigenvalue weighted by Crippen LogP contribution is -2.31. The molecule has 1 heterocycles.